The van der Waals surface area contributed by atoms with Crippen molar-refractivity contribution in [1.82, 2.24) is 0 Å². The Bertz CT molecular complexity index is 250. The molecule has 0 aliphatic carbocycles. The Kier molecular flexibility index (Phi) is 3.29. The Hall–Kier alpha value is -1.30. The quantitative estimate of drug-likeness (QED) is 0.391. The number of aliphatic imine (C=N–C) groups is 2. The molecule has 80 valence electrons. The third-order valence-electron chi connectivity index (χ3n) is 2.17. The molecule has 1 unspecified atom stereocenters. The van der Waals surface area contributed by atoms with Crippen LogP contribution < -0.4 is 17.2 Å². The number of hydrogen-bond donors (Lipinski definition) is 3. The fourth-order valence-electron chi connectivity index (χ4n) is 1.27. The highest BCUT2D eigenvalue weighted by molar-refractivity contribution is 5.92. The van der Waals surface area contributed by atoms with Crippen molar-refractivity contribution in [2.45, 2.75) is 13.3 Å². The summed E-state index contributed by atoms with van der Waals surface area (Å²) in [7, 11) is 0. The van der Waals surface area contributed by atoms with Crippen LogP contribution >= 0.6 is 0 Å². The van der Waals surface area contributed by atoms with Gasteiger partial charge in [-0.3, -0.25) is 4.99 Å². The van der Waals surface area contributed by atoms with E-state index in [2.05, 4.69) is 16.9 Å². The highest BCUT2D eigenvalue weighted by Gasteiger charge is 2.29. The van der Waals surface area contributed by atoms with Gasteiger partial charge in [-0.25, -0.2) is 0 Å². The van der Waals surface area contributed by atoms with Gasteiger partial charge >= 0.3 is 0 Å². The van der Waals surface area contributed by atoms with Crippen LogP contribution in [0.2, 0.25) is 0 Å². The molecule has 0 bridgehead atoms. The Morgan fingerprint density at radius 1 is 1.43 bits per heavy atom. The predicted molar refractivity (Wildman–Crippen MR) is 55.8 cm³/mol. The first kappa shape index (κ1) is 10.8. The van der Waals surface area contributed by atoms with Gasteiger partial charge in [-0.05, 0) is 6.42 Å². The fraction of sp³-hybridized carbons (Fsp3) is 0.750. The van der Waals surface area contributed by atoms with Gasteiger partial charge in [-0.2, -0.15) is 4.99 Å². The van der Waals surface area contributed by atoms with Crippen LogP contribution in [0.25, 0.3) is 0 Å². The second kappa shape index (κ2) is 4.28. The molecule has 6 heteroatoms. The number of nitrogens with zero attached hydrogens (tertiary/aromatic N) is 2. The second-order valence-electron chi connectivity index (χ2n) is 3.82. The van der Waals surface area contributed by atoms with Crippen molar-refractivity contribution >= 4 is 11.9 Å². The minimum absolute atomic E-state index is 0.0703. The van der Waals surface area contributed by atoms with Crippen LogP contribution in [0.4, 0.5) is 0 Å². The van der Waals surface area contributed by atoms with E-state index in [9.17, 15) is 0 Å². The average molecular weight is 199 g/mol. The first-order valence-electron chi connectivity index (χ1n) is 4.49. The van der Waals surface area contributed by atoms with Gasteiger partial charge < -0.3 is 21.9 Å². The van der Waals surface area contributed by atoms with Crippen molar-refractivity contribution in [3.8, 4) is 0 Å². The molecule has 0 aromatic heterocycles. The van der Waals surface area contributed by atoms with Crippen LogP contribution in [0.1, 0.15) is 13.3 Å². The number of nitrogens with two attached hydrogens (primary N) is 3. The number of hydrogen-bond acceptors (Lipinski definition) is 2. The first-order valence-corrected chi connectivity index (χ1v) is 4.49. The van der Waals surface area contributed by atoms with Crippen molar-refractivity contribution in [2.24, 2.45) is 32.6 Å². The summed E-state index contributed by atoms with van der Waals surface area (Å²) in [6, 6.07) is 0. The van der Waals surface area contributed by atoms with Gasteiger partial charge in [0.2, 0.25) is 5.96 Å². The fourth-order valence-corrected chi connectivity index (χ4v) is 1.27. The van der Waals surface area contributed by atoms with Crippen LogP contribution in [0, 0.1) is 5.41 Å². The van der Waals surface area contributed by atoms with E-state index in [-0.39, 0.29) is 17.3 Å². The molecule has 0 aromatic carbocycles. The molecule has 1 atom stereocenters. The lowest BCUT2D eigenvalue weighted by Crippen LogP contribution is -2.28. The maximum atomic E-state index is 5.47. The largest absolute Gasteiger partial charge is 0.381 e. The van der Waals surface area contributed by atoms with Crippen LogP contribution in [0.3, 0.4) is 0 Å². The highest BCUT2D eigenvalue weighted by atomic mass is 16.5. The Morgan fingerprint density at radius 3 is 2.64 bits per heavy atom. The molecule has 1 aliphatic rings. The molecule has 0 saturated carbocycles. The third kappa shape index (κ3) is 3.21. The van der Waals surface area contributed by atoms with Crippen molar-refractivity contribution < 1.29 is 4.74 Å². The molecule has 1 rings (SSSR count). The molecule has 0 amide bonds. The van der Waals surface area contributed by atoms with Crippen LogP contribution in [-0.4, -0.2) is 31.7 Å². The number of rotatable bonds is 2. The van der Waals surface area contributed by atoms with E-state index < -0.39 is 0 Å². The summed E-state index contributed by atoms with van der Waals surface area (Å²) < 4.78 is 5.28. The van der Waals surface area contributed by atoms with Crippen molar-refractivity contribution in [3.05, 3.63) is 0 Å². The summed E-state index contributed by atoms with van der Waals surface area (Å²) in [5, 5.41) is 0. The van der Waals surface area contributed by atoms with Gasteiger partial charge in [0.1, 0.15) is 0 Å². The van der Waals surface area contributed by atoms with E-state index >= 15 is 0 Å². The zero-order valence-electron chi connectivity index (χ0n) is 8.36. The second-order valence-corrected chi connectivity index (χ2v) is 3.82. The molecule has 0 aromatic rings. The maximum Gasteiger partial charge on any atom is 0.218 e. The van der Waals surface area contributed by atoms with Crippen molar-refractivity contribution in [1.29, 1.82) is 0 Å². The number of ether oxygens (including phenoxy) is 1. The SMILES string of the molecule is CC1(CN=C(N)N=C(N)N)CCOC1. The van der Waals surface area contributed by atoms with E-state index in [0.29, 0.717) is 13.2 Å². The standard InChI is InChI=1S/C8H17N5O/c1-8(2-3-14-5-8)4-12-7(11)13-6(9)10/h2-5H2,1H3,(H6,9,10,11,12,13). The highest BCUT2D eigenvalue weighted by Crippen LogP contribution is 2.27. The van der Waals surface area contributed by atoms with Gasteiger partial charge in [0, 0.05) is 12.0 Å². The molecule has 6 nitrogen and oxygen atoms in total. The molecule has 1 fully saturated rings. The Balaban J connectivity index is 2.49. The summed E-state index contributed by atoms with van der Waals surface area (Å²) in [6.07, 6.45) is 0.992. The third-order valence-corrected chi connectivity index (χ3v) is 2.17. The predicted octanol–water partition coefficient (Wildman–Crippen LogP) is -0.999. The lowest BCUT2D eigenvalue weighted by molar-refractivity contribution is 0.163. The summed E-state index contributed by atoms with van der Waals surface area (Å²) in [4.78, 5) is 7.71. The molecule has 6 N–H and O–H groups in total. The number of guanidine groups is 2. The first-order chi connectivity index (χ1) is 6.52. The van der Waals surface area contributed by atoms with Gasteiger partial charge in [-0.1, -0.05) is 6.92 Å². The maximum absolute atomic E-state index is 5.47. The summed E-state index contributed by atoms with van der Waals surface area (Å²) in [5.41, 5.74) is 15.9. The van der Waals surface area contributed by atoms with Crippen LogP contribution in [-0.2, 0) is 4.74 Å². The van der Waals surface area contributed by atoms with E-state index in [1.165, 1.54) is 0 Å². The Labute approximate surface area is 83.2 Å². The molecule has 14 heavy (non-hydrogen) atoms. The lowest BCUT2D eigenvalue weighted by Gasteiger charge is -2.17. The van der Waals surface area contributed by atoms with E-state index in [1.807, 2.05) is 0 Å². The van der Waals surface area contributed by atoms with E-state index in [0.717, 1.165) is 13.0 Å². The van der Waals surface area contributed by atoms with Gasteiger partial charge in [0.25, 0.3) is 0 Å². The van der Waals surface area contributed by atoms with Gasteiger partial charge in [-0.15, -0.1) is 0 Å². The Morgan fingerprint density at radius 2 is 2.14 bits per heavy atom. The van der Waals surface area contributed by atoms with E-state index in [1.54, 1.807) is 0 Å². The molecule has 1 heterocycles. The molecule has 1 aliphatic heterocycles. The average Bonchev–Trinajstić information content (AvgIpc) is 2.49. The molecular weight excluding hydrogens is 182 g/mol. The van der Waals surface area contributed by atoms with Crippen molar-refractivity contribution in [3.63, 3.8) is 0 Å². The van der Waals surface area contributed by atoms with E-state index in [4.69, 9.17) is 21.9 Å². The smallest absolute Gasteiger partial charge is 0.218 e. The minimum atomic E-state index is -0.0703. The van der Waals surface area contributed by atoms with Crippen LogP contribution in [0.15, 0.2) is 9.98 Å². The topological polar surface area (TPSA) is 112 Å². The molecule has 1 saturated heterocycles. The van der Waals surface area contributed by atoms with Crippen LogP contribution in [0.5, 0.6) is 0 Å². The van der Waals surface area contributed by atoms with Crippen molar-refractivity contribution in [2.75, 3.05) is 19.8 Å². The zero-order chi connectivity index (χ0) is 10.6. The summed E-state index contributed by atoms with van der Waals surface area (Å²) in [5.74, 6) is 0.0530. The lowest BCUT2D eigenvalue weighted by atomic mass is 9.90. The molecule has 0 radical (unpaired) electrons. The molecular formula is C8H17N5O. The normalized spacial score (nSPS) is 27.6. The summed E-state index contributed by atoms with van der Waals surface area (Å²) in [6.45, 7) is 4.20. The van der Waals surface area contributed by atoms with Gasteiger partial charge in [0.05, 0.1) is 13.2 Å². The zero-order valence-corrected chi connectivity index (χ0v) is 8.36. The van der Waals surface area contributed by atoms with Gasteiger partial charge in [0.15, 0.2) is 5.96 Å². The monoisotopic (exact) mass is 199 g/mol. The molecule has 0 spiro atoms. The minimum Gasteiger partial charge on any atom is -0.381 e. The summed E-state index contributed by atoms with van der Waals surface area (Å²) >= 11 is 0.